The van der Waals surface area contributed by atoms with E-state index < -0.39 is 0 Å². The van der Waals surface area contributed by atoms with Gasteiger partial charge in [0.05, 0.1) is 5.25 Å². The maximum atomic E-state index is 12.5. The maximum absolute atomic E-state index is 12.5. The van der Waals surface area contributed by atoms with Crippen LogP contribution in [0, 0.1) is 13.8 Å². The van der Waals surface area contributed by atoms with Crippen molar-refractivity contribution in [2.75, 3.05) is 5.32 Å². The molecule has 0 saturated carbocycles. The summed E-state index contributed by atoms with van der Waals surface area (Å²) < 4.78 is 1.96. The molecule has 0 aliphatic heterocycles. The van der Waals surface area contributed by atoms with Gasteiger partial charge in [-0.05, 0) is 56.7 Å². The third kappa shape index (κ3) is 4.26. The molecule has 5 nitrogen and oxygen atoms in total. The fourth-order valence-electron chi connectivity index (χ4n) is 2.51. The van der Waals surface area contributed by atoms with E-state index in [0.717, 1.165) is 17.1 Å². The first kappa shape index (κ1) is 18.5. The summed E-state index contributed by atoms with van der Waals surface area (Å²) in [4.78, 5) is 12.5. The third-order valence-corrected chi connectivity index (χ3v) is 5.08. The lowest BCUT2D eigenvalue weighted by Crippen LogP contribution is -2.22. The van der Waals surface area contributed by atoms with Crippen LogP contribution in [0.1, 0.15) is 18.3 Å². The van der Waals surface area contributed by atoms with Crippen LogP contribution in [0.3, 0.4) is 0 Å². The van der Waals surface area contributed by atoms with Gasteiger partial charge in [0, 0.05) is 16.4 Å². The molecule has 0 aliphatic rings. The highest BCUT2D eigenvalue weighted by Crippen LogP contribution is 2.27. The highest BCUT2D eigenvalue weighted by molar-refractivity contribution is 8.00. The molecule has 0 bridgehead atoms. The van der Waals surface area contributed by atoms with Crippen LogP contribution in [0.2, 0.25) is 5.02 Å². The van der Waals surface area contributed by atoms with Crippen molar-refractivity contribution in [2.24, 2.45) is 0 Å². The van der Waals surface area contributed by atoms with Gasteiger partial charge in [0.25, 0.3) is 0 Å². The summed E-state index contributed by atoms with van der Waals surface area (Å²) in [5, 5.41) is 12.2. The Hall–Kier alpha value is -2.31. The number of aryl methyl sites for hydroxylation is 2. The monoisotopic (exact) mass is 386 g/mol. The number of hydrogen-bond acceptors (Lipinski definition) is 4. The molecule has 0 aliphatic carbocycles. The smallest absolute Gasteiger partial charge is 0.237 e. The Labute approximate surface area is 161 Å². The summed E-state index contributed by atoms with van der Waals surface area (Å²) in [6.45, 7) is 5.78. The highest BCUT2D eigenvalue weighted by atomic mass is 35.5. The number of anilines is 1. The van der Waals surface area contributed by atoms with E-state index in [0.29, 0.717) is 15.9 Å². The van der Waals surface area contributed by atoms with E-state index in [9.17, 15) is 4.79 Å². The Bertz CT molecular complexity index is 941. The molecule has 1 heterocycles. The number of carbonyl (C=O) groups excluding carboxylic acids is 1. The average Bonchev–Trinajstić information content (AvgIpc) is 2.95. The minimum absolute atomic E-state index is 0.117. The number of rotatable bonds is 5. The fraction of sp³-hybridized carbons (Fsp3) is 0.211. The number of benzene rings is 2. The predicted octanol–water partition coefficient (Wildman–Crippen LogP) is 4.66. The molecule has 1 unspecified atom stereocenters. The Balaban J connectivity index is 1.77. The molecular weight excluding hydrogens is 368 g/mol. The number of nitrogens with zero attached hydrogens (tertiary/aromatic N) is 3. The maximum Gasteiger partial charge on any atom is 0.237 e. The van der Waals surface area contributed by atoms with E-state index in [-0.39, 0.29) is 11.2 Å². The molecule has 1 aromatic heterocycles. The standard InChI is InChI=1S/C19H19ClN4OS/c1-12-6-4-9-17(10-12)24-14(3)22-23-19(24)26-13(2)18(25)21-16-8-5-7-15(20)11-16/h4-11,13H,1-3H3,(H,21,25). The van der Waals surface area contributed by atoms with Crippen LogP contribution in [0.25, 0.3) is 5.69 Å². The summed E-state index contributed by atoms with van der Waals surface area (Å²) in [6, 6.07) is 15.2. The van der Waals surface area contributed by atoms with Crippen molar-refractivity contribution < 1.29 is 4.79 Å². The Morgan fingerprint density at radius 1 is 1.15 bits per heavy atom. The van der Waals surface area contributed by atoms with Crippen LogP contribution < -0.4 is 5.32 Å². The van der Waals surface area contributed by atoms with Crippen molar-refractivity contribution in [3.8, 4) is 5.69 Å². The molecule has 1 amide bonds. The van der Waals surface area contributed by atoms with Gasteiger partial charge in [0.15, 0.2) is 5.16 Å². The lowest BCUT2D eigenvalue weighted by atomic mass is 10.2. The first-order valence-electron chi connectivity index (χ1n) is 8.16. The molecule has 26 heavy (non-hydrogen) atoms. The van der Waals surface area contributed by atoms with Crippen molar-refractivity contribution in [1.29, 1.82) is 0 Å². The summed E-state index contributed by atoms with van der Waals surface area (Å²) >= 11 is 7.33. The number of thioether (sulfide) groups is 1. The van der Waals surface area contributed by atoms with Crippen LogP contribution in [0.4, 0.5) is 5.69 Å². The summed E-state index contributed by atoms with van der Waals surface area (Å²) in [7, 11) is 0. The third-order valence-electron chi connectivity index (χ3n) is 3.80. The van der Waals surface area contributed by atoms with Gasteiger partial charge in [0.1, 0.15) is 5.82 Å². The van der Waals surface area contributed by atoms with E-state index in [1.807, 2.05) is 43.5 Å². The second-order valence-electron chi connectivity index (χ2n) is 5.96. The highest BCUT2D eigenvalue weighted by Gasteiger charge is 2.20. The molecule has 3 aromatic rings. The normalized spacial score (nSPS) is 12.0. The second-order valence-corrected chi connectivity index (χ2v) is 7.71. The molecular formula is C19H19ClN4OS. The van der Waals surface area contributed by atoms with Crippen molar-refractivity contribution in [2.45, 2.75) is 31.2 Å². The van der Waals surface area contributed by atoms with Crippen LogP contribution in [0.5, 0.6) is 0 Å². The number of halogens is 1. The molecule has 0 fully saturated rings. The van der Waals surface area contributed by atoms with Crippen molar-refractivity contribution in [3.63, 3.8) is 0 Å². The second kappa shape index (κ2) is 7.93. The van der Waals surface area contributed by atoms with Gasteiger partial charge < -0.3 is 5.32 Å². The first-order valence-corrected chi connectivity index (χ1v) is 9.42. The number of aromatic nitrogens is 3. The first-order chi connectivity index (χ1) is 12.4. The zero-order valence-electron chi connectivity index (χ0n) is 14.7. The molecule has 2 aromatic carbocycles. The SMILES string of the molecule is Cc1cccc(-n2c(C)nnc2SC(C)C(=O)Nc2cccc(Cl)c2)c1. The van der Waals surface area contributed by atoms with E-state index in [1.165, 1.54) is 11.8 Å². The summed E-state index contributed by atoms with van der Waals surface area (Å²) in [6.07, 6.45) is 0. The van der Waals surface area contributed by atoms with Gasteiger partial charge in [-0.15, -0.1) is 10.2 Å². The lowest BCUT2D eigenvalue weighted by molar-refractivity contribution is -0.115. The number of carbonyl (C=O) groups is 1. The molecule has 3 rings (SSSR count). The average molecular weight is 387 g/mol. The Morgan fingerprint density at radius 2 is 1.92 bits per heavy atom. The lowest BCUT2D eigenvalue weighted by Gasteiger charge is -2.13. The zero-order valence-corrected chi connectivity index (χ0v) is 16.3. The quantitative estimate of drug-likeness (QED) is 0.648. The summed E-state index contributed by atoms with van der Waals surface area (Å²) in [5.41, 5.74) is 2.81. The largest absolute Gasteiger partial charge is 0.325 e. The van der Waals surface area contributed by atoms with Gasteiger partial charge in [-0.25, -0.2) is 0 Å². The Kier molecular flexibility index (Phi) is 5.64. The molecule has 1 N–H and O–H groups in total. The van der Waals surface area contributed by atoms with Crippen LogP contribution in [-0.4, -0.2) is 25.9 Å². The molecule has 134 valence electrons. The number of hydrogen-bond donors (Lipinski definition) is 1. The molecule has 0 radical (unpaired) electrons. The molecule has 7 heteroatoms. The molecule has 1 atom stereocenters. The fourth-order valence-corrected chi connectivity index (χ4v) is 3.61. The van der Waals surface area contributed by atoms with E-state index in [1.54, 1.807) is 24.3 Å². The van der Waals surface area contributed by atoms with Crippen LogP contribution in [0.15, 0.2) is 53.7 Å². The minimum Gasteiger partial charge on any atom is -0.325 e. The Morgan fingerprint density at radius 3 is 2.65 bits per heavy atom. The van der Waals surface area contributed by atoms with E-state index in [4.69, 9.17) is 11.6 Å². The van der Waals surface area contributed by atoms with E-state index >= 15 is 0 Å². The van der Waals surface area contributed by atoms with Crippen molar-refractivity contribution in [1.82, 2.24) is 14.8 Å². The zero-order chi connectivity index (χ0) is 18.7. The predicted molar refractivity (Wildman–Crippen MR) is 106 cm³/mol. The van der Waals surface area contributed by atoms with Gasteiger partial charge in [0.2, 0.25) is 5.91 Å². The van der Waals surface area contributed by atoms with Crippen molar-refractivity contribution in [3.05, 3.63) is 64.9 Å². The molecule has 0 saturated heterocycles. The topological polar surface area (TPSA) is 59.8 Å². The van der Waals surface area contributed by atoms with Gasteiger partial charge in [-0.3, -0.25) is 9.36 Å². The molecule has 0 spiro atoms. The van der Waals surface area contributed by atoms with Gasteiger partial charge >= 0.3 is 0 Å². The van der Waals surface area contributed by atoms with Gasteiger partial charge in [-0.2, -0.15) is 0 Å². The van der Waals surface area contributed by atoms with Gasteiger partial charge in [-0.1, -0.05) is 41.6 Å². The van der Waals surface area contributed by atoms with Crippen LogP contribution >= 0.6 is 23.4 Å². The van der Waals surface area contributed by atoms with Crippen LogP contribution in [-0.2, 0) is 4.79 Å². The number of amides is 1. The number of nitrogens with one attached hydrogen (secondary N) is 1. The minimum atomic E-state index is -0.346. The van der Waals surface area contributed by atoms with Crippen molar-refractivity contribution >= 4 is 35.0 Å². The van der Waals surface area contributed by atoms with E-state index in [2.05, 4.69) is 21.6 Å². The summed E-state index contributed by atoms with van der Waals surface area (Å²) in [5.74, 6) is 0.661.